The summed E-state index contributed by atoms with van der Waals surface area (Å²) in [7, 11) is -3.40. The molecule has 14 heteroatoms. The zero-order chi connectivity index (χ0) is 39.7. The lowest BCUT2D eigenvalue weighted by Gasteiger charge is -2.15. The van der Waals surface area contributed by atoms with Gasteiger partial charge in [-0.25, -0.2) is 22.7 Å². The van der Waals surface area contributed by atoms with Crippen LogP contribution in [0.3, 0.4) is 0 Å². The van der Waals surface area contributed by atoms with Crippen LogP contribution in [0.5, 0.6) is 0 Å². The lowest BCUT2D eigenvalue weighted by Crippen LogP contribution is -2.27. The van der Waals surface area contributed by atoms with Crippen LogP contribution in [0.2, 0.25) is 0 Å². The molecular weight excluding hydrogens is 757 g/mol. The van der Waals surface area contributed by atoms with Crippen LogP contribution in [0.4, 0.5) is 10.3 Å². The molecule has 0 unspecified atom stereocenters. The van der Waals surface area contributed by atoms with E-state index < -0.39 is 10.0 Å². The van der Waals surface area contributed by atoms with Crippen molar-refractivity contribution in [2.24, 2.45) is 11.8 Å². The second-order valence-electron chi connectivity index (χ2n) is 12.4. The Morgan fingerprint density at radius 2 is 1.19 bits per heavy atom. The highest BCUT2D eigenvalue weighted by Crippen LogP contribution is 2.33. The molecule has 10 nitrogen and oxygen atoms in total. The Morgan fingerprint density at radius 3 is 1.67 bits per heavy atom. The molecule has 0 radical (unpaired) electrons. The van der Waals surface area contributed by atoms with E-state index in [-0.39, 0.29) is 23.7 Å². The van der Waals surface area contributed by atoms with E-state index in [1.807, 2.05) is 78.1 Å². The highest BCUT2D eigenvalue weighted by Gasteiger charge is 2.30. The molecule has 0 atom stereocenters. The summed E-state index contributed by atoms with van der Waals surface area (Å²) < 4.78 is 29.0. The topological polar surface area (TPSA) is 125 Å². The van der Waals surface area contributed by atoms with Crippen molar-refractivity contribution in [1.82, 2.24) is 18.6 Å². The third kappa shape index (κ3) is 13.3. The molecule has 2 aromatic carbocycles. The van der Waals surface area contributed by atoms with Crippen LogP contribution in [0, 0.1) is 11.8 Å². The molecule has 3 aliphatic rings. The van der Waals surface area contributed by atoms with Gasteiger partial charge in [-0.3, -0.25) is 9.59 Å². The number of nitrogens with one attached hydrogen (secondary N) is 2. The average Bonchev–Trinajstić information content (AvgIpc) is 3.69. The van der Waals surface area contributed by atoms with Gasteiger partial charge < -0.3 is 10.6 Å². The number of benzene rings is 2. The minimum absolute atomic E-state index is 0.0760. The van der Waals surface area contributed by atoms with E-state index in [4.69, 9.17) is 0 Å². The maximum atomic E-state index is 12.5. The van der Waals surface area contributed by atoms with E-state index in [0.717, 1.165) is 42.5 Å². The molecule has 2 aromatic heterocycles. The first-order chi connectivity index (χ1) is 26.2. The van der Waals surface area contributed by atoms with Gasteiger partial charge in [-0.1, -0.05) is 79.7 Å². The van der Waals surface area contributed by atoms with Crippen LogP contribution in [-0.2, 0) is 19.6 Å². The standard InChI is InChI=1S/C17H21N3O3S2.C17H19N3OS2.3C2H6/c1-12(2)16(21)19-17-18-15(11-24-17)13-5-7-14(8-6-13)25(22,23)20-9-3-4-10-20;21-16(13-3-4-13)19-17-18-15(11-22-17)12-5-7-14(8-6-12)23-20-9-1-2-10-20;3*1-2/h5-8,11-12H,3-4,9-10H2,1-2H3,(H,18,19,21);5-8,11,13H,1-4,9-10H2,(H,18,19,21);3*1-2H3. The number of hydrogen-bond acceptors (Lipinski definition) is 10. The van der Waals surface area contributed by atoms with Crippen molar-refractivity contribution in [2.45, 2.75) is 104 Å². The molecule has 4 heterocycles. The van der Waals surface area contributed by atoms with Crippen molar-refractivity contribution in [3.63, 3.8) is 0 Å². The monoisotopic (exact) mass is 814 g/mol. The van der Waals surface area contributed by atoms with Crippen molar-refractivity contribution < 1.29 is 18.0 Å². The van der Waals surface area contributed by atoms with E-state index in [2.05, 4.69) is 49.2 Å². The molecule has 3 fully saturated rings. The van der Waals surface area contributed by atoms with Crippen LogP contribution >= 0.6 is 34.6 Å². The zero-order valence-corrected chi connectivity index (χ0v) is 36.3. The molecule has 2 saturated heterocycles. The van der Waals surface area contributed by atoms with Crippen LogP contribution in [0.1, 0.15) is 93.9 Å². The van der Waals surface area contributed by atoms with Crippen LogP contribution in [0.25, 0.3) is 22.5 Å². The van der Waals surface area contributed by atoms with Gasteiger partial charge in [-0.05, 0) is 74.7 Å². The van der Waals surface area contributed by atoms with Gasteiger partial charge >= 0.3 is 0 Å². The molecule has 7 rings (SSSR count). The van der Waals surface area contributed by atoms with E-state index in [9.17, 15) is 18.0 Å². The van der Waals surface area contributed by atoms with Crippen molar-refractivity contribution in [1.29, 1.82) is 0 Å². The molecule has 296 valence electrons. The quantitative estimate of drug-likeness (QED) is 0.152. The Morgan fingerprint density at radius 1 is 0.722 bits per heavy atom. The first kappa shape index (κ1) is 45.3. The number of sulfonamides is 1. The minimum atomic E-state index is -3.40. The fraction of sp³-hybridized carbons (Fsp3) is 0.500. The van der Waals surface area contributed by atoms with Gasteiger partial charge in [0.25, 0.3) is 0 Å². The predicted octanol–water partition coefficient (Wildman–Crippen LogP) is 10.5. The first-order valence-corrected chi connectivity index (χ1v) is 23.3. The highest BCUT2D eigenvalue weighted by molar-refractivity contribution is 7.97. The Balaban J connectivity index is 0.000000256. The van der Waals surface area contributed by atoms with E-state index >= 15 is 0 Å². The van der Waals surface area contributed by atoms with Crippen molar-refractivity contribution in [2.75, 3.05) is 36.8 Å². The number of hydrogen-bond donors (Lipinski definition) is 2. The molecule has 4 aromatic rings. The smallest absolute Gasteiger partial charge is 0.243 e. The largest absolute Gasteiger partial charge is 0.302 e. The van der Waals surface area contributed by atoms with Crippen molar-refractivity contribution in [3.8, 4) is 22.5 Å². The second kappa shape index (κ2) is 23.1. The number of amides is 2. The SMILES string of the molecule is CC.CC.CC.CC(C)C(=O)Nc1nc(-c2ccc(S(=O)(=O)N3CCCC3)cc2)cs1.O=C(Nc1nc(-c2ccc(SN3CCCC3)cc2)cs1)C1CC1. The van der Waals surface area contributed by atoms with E-state index in [0.29, 0.717) is 33.9 Å². The fourth-order valence-electron chi connectivity index (χ4n) is 5.22. The lowest BCUT2D eigenvalue weighted by atomic mass is 10.2. The van der Waals surface area contributed by atoms with Crippen molar-refractivity contribution in [3.05, 3.63) is 59.3 Å². The molecular formula is C40H58N6O4S4. The Hall–Kier alpha value is -3.14. The fourth-order valence-corrected chi connectivity index (χ4v) is 9.18. The van der Waals surface area contributed by atoms with Gasteiger partial charge in [0.1, 0.15) is 0 Å². The Labute approximate surface area is 335 Å². The third-order valence-electron chi connectivity index (χ3n) is 8.24. The molecule has 1 aliphatic carbocycles. The van der Waals surface area contributed by atoms with Gasteiger partial charge in [0.2, 0.25) is 21.8 Å². The first-order valence-electron chi connectivity index (χ1n) is 19.3. The van der Waals surface area contributed by atoms with E-state index in [1.54, 1.807) is 24.3 Å². The number of carbonyl (C=O) groups is 2. The molecule has 2 aliphatic heterocycles. The van der Waals surface area contributed by atoms with Gasteiger partial charge in [0, 0.05) is 64.8 Å². The summed E-state index contributed by atoms with van der Waals surface area (Å²) in [5, 5.41) is 10.8. The maximum Gasteiger partial charge on any atom is 0.243 e. The summed E-state index contributed by atoms with van der Waals surface area (Å²) in [6.45, 7) is 19.2. The molecule has 0 bridgehead atoms. The van der Waals surface area contributed by atoms with Gasteiger partial charge in [0.05, 0.1) is 16.3 Å². The molecule has 2 N–H and O–H groups in total. The summed E-state index contributed by atoms with van der Waals surface area (Å²) in [5.74, 6) is 0.142. The molecule has 1 saturated carbocycles. The molecule has 54 heavy (non-hydrogen) atoms. The minimum Gasteiger partial charge on any atom is -0.302 e. The van der Waals surface area contributed by atoms with Crippen LogP contribution in [0.15, 0.2) is 69.1 Å². The van der Waals surface area contributed by atoms with E-state index in [1.165, 1.54) is 57.8 Å². The predicted molar refractivity (Wildman–Crippen MR) is 229 cm³/mol. The third-order valence-corrected chi connectivity index (χ3v) is 12.8. The summed E-state index contributed by atoms with van der Waals surface area (Å²) in [5.41, 5.74) is 3.56. The number of aromatic nitrogens is 2. The Bertz CT molecular complexity index is 1810. The number of thiazole rings is 2. The highest BCUT2D eigenvalue weighted by atomic mass is 32.2. The number of anilines is 2. The van der Waals surface area contributed by atoms with Gasteiger partial charge in [0.15, 0.2) is 10.3 Å². The summed E-state index contributed by atoms with van der Waals surface area (Å²) in [6.07, 6.45) is 6.47. The van der Waals surface area contributed by atoms with Gasteiger partial charge in [-0.2, -0.15) is 4.31 Å². The summed E-state index contributed by atoms with van der Waals surface area (Å²) >= 11 is 4.68. The Kier molecular flexibility index (Phi) is 19.3. The summed E-state index contributed by atoms with van der Waals surface area (Å²) in [4.78, 5) is 34.0. The lowest BCUT2D eigenvalue weighted by molar-refractivity contribution is -0.119. The summed E-state index contributed by atoms with van der Waals surface area (Å²) in [6, 6.07) is 15.3. The van der Waals surface area contributed by atoms with Crippen molar-refractivity contribution >= 4 is 66.7 Å². The van der Waals surface area contributed by atoms with Crippen LogP contribution < -0.4 is 10.6 Å². The van der Waals surface area contributed by atoms with Gasteiger partial charge in [-0.15, -0.1) is 22.7 Å². The zero-order valence-electron chi connectivity index (χ0n) is 33.1. The number of carbonyl (C=O) groups excluding carboxylic acids is 2. The number of nitrogens with zero attached hydrogens (tertiary/aromatic N) is 4. The second-order valence-corrected chi connectivity index (χ2v) is 17.2. The van der Waals surface area contributed by atoms with Crippen LogP contribution in [-0.4, -0.2) is 65.0 Å². The normalized spacial score (nSPS) is 15.4. The molecule has 2 amide bonds. The average molecular weight is 815 g/mol. The molecule has 0 spiro atoms. The maximum absolute atomic E-state index is 12.5. The number of rotatable bonds is 10.